The lowest BCUT2D eigenvalue weighted by atomic mass is 9.96. The molecule has 9 heteroatoms. The minimum Gasteiger partial charge on any atom is -0.454 e. The summed E-state index contributed by atoms with van der Waals surface area (Å²) in [5.41, 5.74) is 2.03. The molecule has 3 amide bonds. The van der Waals surface area contributed by atoms with Crippen LogP contribution in [0.4, 0.5) is 0 Å². The van der Waals surface area contributed by atoms with Crippen molar-refractivity contribution in [3.05, 3.63) is 95.1 Å². The average Bonchev–Trinajstić information content (AvgIpc) is 3.60. The van der Waals surface area contributed by atoms with Crippen molar-refractivity contribution in [2.45, 2.75) is 38.1 Å². The van der Waals surface area contributed by atoms with Crippen LogP contribution in [0.1, 0.15) is 44.7 Å². The molecular weight excluding hydrogens is 510 g/mol. The minimum atomic E-state index is -0.975. The zero-order chi connectivity index (χ0) is 27.7. The summed E-state index contributed by atoms with van der Waals surface area (Å²) < 4.78 is 17.1. The summed E-state index contributed by atoms with van der Waals surface area (Å²) in [7, 11) is 0. The van der Waals surface area contributed by atoms with Gasteiger partial charge < -0.3 is 24.4 Å². The maximum absolute atomic E-state index is 13.9. The van der Waals surface area contributed by atoms with Crippen LogP contribution in [0.2, 0.25) is 0 Å². The van der Waals surface area contributed by atoms with Gasteiger partial charge >= 0.3 is 0 Å². The summed E-state index contributed by atoms with van der Waals surface area (Å²) in [5.74, 6) is 0.711. The van der Waals surface area contributed by atoms with E-state index in [1.54, 1.807) is 34.1 Å². The number of aryl methyl sites for hydroxylation is 1. The van der Waals surface area contributed by atoms with E-state index in [1.165, 1.54) is 0 Å². The maximum atomic E-state index is 13.9. The van der Waals surface area contributed by atoms with E-state index in [-0.39, 0.29) is 37.7 Å². The predicted molar refractivity (Wildman–Crippen MR) is 146 cm³/mol. The summed E-state index contributed by atoms with van der Waals surface area (Å²) in [6.07, 6.45) is 0.824. The summed E-state index contributed by atoms with van der Waals surface area (Å²) in [5, 5.41) is 2.97. The van der Waals surface area contributed by atoms with Crippen molar-refractivity contribution in [1.29, 1.82) is 0 Å². The Morgan fingerprint density at radius 1 is 0.875 bits per heavy atom. The highest BCUT2D eigenvalue weighted by Gasteiger charge is 2.54. The number of amides is 3. The van der Waals surface area contributed by atoms with Crippen LogP contribution in [0.3, 0.4) is 0 Å². The summed E-state index contributed by atoms with van der Waals surface area (Å²) in [6, 6.07) is 21.2. The predicted octanol–water partition coefficient (Wildman–Crippen LogP) is 3.51. The van der Waals surface area contributed by atoms with Gasteiger partial charge in [-0.3, -0.25) is 19.3 Å². The van der Waals surface area contributed by atoms with E-state index in [0.29, 0.717) is 48.6 Å². The summed E-state index contributed by atoms with van der Waals surface area (Å²) in [6.45, 7) is 3.31. The van der Waals surface area contributed by atoms with Crippen molar-refractivity contribution in [2.75, 3.05) is 26.5 Å². The van der Waals surface area contributed by atoms with Gasteiger partial charge in [0.05, 0.1) is 6.61 Å². The molecule has 9 nitrogen and oxygen atoms in total. The molecule has 3 aromatic rings. The largest absolute Gasteiger partial charge is 0.454 e. The first-order valence-corrected chi connectivity index (χ1v) is 13.5. The molecule has 6 rings (SSSR count). The fraction of sp³-hybridized carbons (Fsp3) is 0.323. The van der Waals surface area contributed by atoms with Crippen LogP contribution >= 0.6 is 0 Å². The van der Waals surface area contributed by atoms with Gasteiger partial charge in [0, 0.05) is 43.6 Å². The van der Waals surface area contributed by atoms with E-state index in [0.717, 1.165) is 11.1 Å². The molecule has 0 saturated carbocycles. The van der Waals surface area contributed by atoms with Gasteiger partial charge in [0.15, 0.2) is 11.5 Å². The first kappa shape index (κ1) is 25.9. The Balaban J connectivity index is 1.20. The first-order chi connectivity index (χ1) is 19.4. The number of nitrogens with zero attached hydrogens (tertiary/aromatic N) is 2. The Kier molecular flexibility index (Phi) is 6.89. The Labute approximate surface area is 232 Å². The van der Waals surface area contributed by atoms with Crippen molar-refractivity contribution >= 4 is 17.7 Å². The van der Waals surface area contributed by atoms with Gasteiger partial charge in [-0.15, -0.1) is 0 Å². The van der Waals surface area contributed by atoms with E-state index in [1.807, 2.05) is 55.5 Å². The third-order valence-electron chi connectivity index (χ3n) is 7.80. The van der Waals surface area contributed by atoms with E-state index >= 15 is 0 Å². The highest BCUT2D eigenvalue weighted by molar-refractivity contribution is 5.98. The number of rotatable bonds is 5. The molecular formula is C31H31N3O6. The SMILES string of the molecule is Cc1cccc(C(=O)N2CCC3(CC2)OCC(C(=O)NCc2ccc4c(c2)OCO4)N3C(=O)c2ccccc2)c1. The molecule has 1 N–H and O–H groups in total. The molecule has 1 atom stereocenters. The number of benzene rings is 3. The molecule has 206 valence electrons. The molecule has 0 radical (unpaired) electrons. The number of nitrogens with one attached hydrogen (secondary N) is 1. The Bertz CT molecular complexity index is 1430. The zero-order valence-corrected chi connectivity index (χ0v) is 22.3. The number of likely N-dealkylation sites (tertiary alicyclic amines) is 1. The Morgan fingerprint density at radius 2 is 1.62 bits per heavy atom. The highest BCUT2D eigenvalue weighted by Crippen LogP contribution is 2.39. The quantitative estimate of drug-likeness (QED) is 0.531. The summed E-state index contributed by atoms with van der Waals surface area (Å²) >= 11 is 0. The fourth-order valence-corrected chi connectivity index (χ4v) is 5.66. The van der Waals surface area contributed by atoms with Crippen LogP contribution < -0.4 is 14.8 Å². The molecule has 40 heavy (non-hydrogen) atoms. The number of fused-ring (bicyclic) bond motifs is 1. The van der Waals surface area contributed by atoms with E-state index in [2.05, 4.69) is 5.32 Å². The molecule has 3 aromatic carbocycles. The Hall–Kier alpha value is -4.37. The monoisotopic (exact) mass is 541 g/mol. The smallest absolute Gasteiger partial charge is 0.256 e. The Morgan fingerprint density at radius 3 is 2.40 bits per heavy atom. The second kappa shape index (κ2) is 10.7. The van der Waals surface area contributed by atoms with E-state index in [9.17, 15) is 14.4 Å². The molecule has 0 aromatic heterocycles. The van der Waals surface area contributed by atoms with Crippen molar-refractivity contribution < 1.29 is 28.6 Å². The van der Waals surface area contributed by atoms with Gasteiger partial charge in [-0.25, -0.2) is 0 Å². The van der Waals surface area contributed by atoms with Crippen molar-refractivity contribution in [3.63, 3.8) is 0 Å². The maximum Gasteiger partial charge on any atom is 0.256 e. The second-order valence-electron chi connectivity index (χ2n) is 10.4. The first-order valence-electron chi connectivity index (χ1n) is 13.5. The number of carbonyl (C=O) groups is 3. The fourth-order valence-electron chi connectivity index (χ4n) is 5.66. The minimum absolute atomic E-state index is 0.0458. The number of hydrogen-bond donors (Lipinski definition) is 1. The second-order valence-corrected chi connectivity index (χ2v) is 10.4. The van der Waals surface area contributed by atoms with E-state index in [4.69, 9.17) is 14.2 Å². The lowest BCUT2D eigenvalue weighted by Gasteiger charge is -2.44. The van der Waals surface area contributed by atoms with Crippen LogP contribution in [0, 0.1) is 6.92 Å². The molecule has 0 bridgehead atoms. The van der Waals surface area contributed by atoms with Crippen molar-refractivity contribution in [1.82, 2.24) is 15.1 Å². The third-order valence-corrected chi connectivity index (χ3v) is 7.80. The summed E-state index contributed by atoms with van der Waals surface area (Å²) in [4.78, 5) is 44.0. The van der Waals surface area contributed by atoms with Crippen LogP contribution in [0.25, 0.3) is 0 Å². The third kappa shape index (κ3) is 4.88. The van der Waals surface area contributed by atoms with Gasteiger partial charge in [-0.05, 0) is 48.9 Å². The van der Waals surface area contributed by atoms with Gasteiger partial charge in [0.25, 0.3) is 11.8 Å². The number of piperidine rings is 1. The molecule has 2 fully saturated rings. The number of carbonyl (C=O) groups excluding carboxylic acids is 3. The molecule has 3 aliphatic heterocycles. The lowest BCUT2D eigenvalue weighted by Crippen LogP contribution is -2.59. The van der Waals surface area contributed by atoms with E-state index < -0.39 is 11.8 Å². The van der Waals surface area contributed by atoms with Gasteiger partial charge in [-0.2, -0.15) is 0 Å². The number of hydrogen-bond acceptors (Lipinski definition) is 6. The van der Waals surface area contributed by atoms with Crippen molar-refractivity contribution in [2.24, 2.45) is 0 Å². The van der Waals surface area contributed by atoms with Gasteiger partial charge in [0.1, 0.15) is 11.8 Å². The highest BCUT2D eigenvalue weighted by atomic mass is 16.7. The number of ether oxygens (including phenoxy) is 3. The molecule has 0 aliphatic carbocycles. The molecule has 3 aliphatic rings. The van der Waals surface area contributed by atoms with Gasteiger partial charge in [-0.1, -0.05) is 42.0 Å². The molecule has 1 unspecified atom stereocenters. The van der Waals surface area contributed by atoms with Crippen LogP contribution in [0.5, 0.6) is 11.5 Å². The molecule has 1 spiro atoms. The van der Waals surface area contributed by atoms with Crippen LogP contribution in [0.15, 0.2) is 72.8 Å². The normalized spacial score (nSPS) is 19.1. The standard InChI is InChI=1S/C31H31N3O6/c1-21-6-5-9-24(16-21)29(36)33-14-12-31(13-15-33)34(30(37)23-7-3-2-4-8-23)25(19-40-31)28(35)32-18-22-10-11-26-27(17-22)39-20-38-26/h2-11,16-17,25H,12-15,18-20H2,1H3,(H,32,35). The zero-order valence-electron chi connectivity index (χ0n) is 22.3. The molecule has 2 saturated heterocycles. The van der Waals surface area contributed by atoms with Crippen LogP contribution in [-0.2, 0) is 16.1 Å². The van der Waals surface area contributed by atoms with Crippen LogP contribution in [-0.4, -0.2) is 65.8 Å². The molecule has 3 heterocycles. The van der Waals surface area contributed by atoms with Gasteiger partial charge in [0.2, 0.25) is 12.7 Å². The van der Waals surface area contributed by atoms with Crippen molar-refractivity contribution in [3.8, 4) is 11.5 Å². The average molecular weight is 542 g/mol. The topological polar surface area (TPSA) is 97.4 Å². The lowest BCUT2D eigenvalue weighted by molar-refractivity contribution is -0.128.